The van der Waals surface area contributed by atoms with Gasteiger partial charge in [-0.1, -0.05) is 12.8 Å². The van der Waals surface area contributed by atoms with E-state index in [-0.39, 0.29) is 17.1 Å². The Morgan fingerprint density at radius 2 is 1.31 bits per heavy atom. The quantitative estimate of drug-likeness (QED) is 0.469. The van der Waals surface area contributed by atoms with E-state index in [1.165, 1.54) is 0 Å². The summed E-state index contributed by atoms with van der Waals surface area (Å²) in [7, 11) is 0. The maximum atomic E-state index is 4.76. The maximum Gasteiger partial charge on any atom is 2.00 e. The van der Waals surface area contributed by atoms with Gasteiger partial charge in [-0.05, 0) is 12.8 Å². The van der Waals surface area contributed by atoms with Gasteiger partial charge >= 0.3 is 17.1 Å². The summed E-state index contributed by atoms with van der Waals surface area (Å²) in [5, 5.41) is 0. The van der Waals surface area contributed by atoms with Crippen LogP contribution >= 0.6 is 0 Å². The van der Waals surface area contributed by atoms with Crippen LogP contribution in [0.1, 0.15) is 25.7 Å². The van der Waals surface area contributed by atoms with Crippen LogP contribution in [-0.2, 0) is 26.5 Å². The largest absolute Gasteiger partial charge is 2.00 e. The van der Waals surface area contributed by atoms with Crippen LogP contribution in [0.25, 0.3) is 0 Å². The molecule has 2 aliphatic rings. The van der Waals surface area contributed by atoms with Crippen molar-refractivity contribution in [3.05, 3.63) is 24.7 Å². The van der Waals surface area contributed by atoms with Gasteiger partial charge in [-0.2, -0.15) is 0 Å². The van der Waals surface area contributed by atoms with Crippen molar-refractivity contribution in [1.29, 1.82) is 0 Å². The first kappa shape index (κ1) is 12.6. The monoisotopic (exact) mass is 229 g/mol. The molecule has 0 N–H and O–H groups in total. The molecule has 13 heavy (non-hydrogen) atoms. The first-order chi connectivity index (χ1) is 6.00. The van der Waals surface area contributed by atoms with Crippen LogP contribution < -0.4 is 0 Å². The number of hydrogen-bond acceptors (Lipinski definition) is 2. The maximum absolute atomic E-state index is 4.76. The van der Waals surface area contributed by atoms with E-state index in [0.29, 0.717) is 0 Å². The van der Waals surface area contributed by atoms with E-state index in [1.807, 2.05) is 12.2 Å². The SMILES string of the molecule is [C-]1=CCCCO1.[C-]1=CCCCO1.[Cu+2]. The van der Waals surface area contributed by atoms with Gasteiger partial charge in [0.1, 0.15) is 0 Å². The second-order valence-electron chi connectivity index (χ2n) is 2.63. The molecule has 0 fully saturated rings. The minimum Gasteiger partial charge on any atom is -0.693 e. The fourth-order valence-electron chi connectivity index (χ4n) is 0.869. The van der Waals surface area contributed by atoms with Gasteiger partial charge in [0.15, 0.2) is 0 Å². The molecule has 2 aliphatic heterocycles. The van der Waals surface area contributed by atoms with E-state index in [0.717, 1.165) is 38.9 Å². The molecule has 0 unspecified atom stereocenters. The van der Waals surface area contributed by atoms with Crippen LogP contribution in [0.4, 0.5) is 0 Å². The van der Waals surface area contributed by atoms with Crippen molar-refractivity contribution in [2.45, 2.75) is 25.7 Å². The molecule has 2 nitrogen and oxygen atoms in total. The molecule has 0 atom stereocenters. The second kappa shape index (κ2) is 9.69. The fourth-order valence-corrected chi connectivity index (χ4v) is 0.869. The predicted octanol–water partition coefficient (Wildman–Crippen LogP) is 2.22. The first-order valence-corrected chi connectivity index (χ1v) is 4.38. The summed E-state index contributed by atoms with van der Waals surface area (Å²) in [5.41, 5.74) is 0. The van der Waals surface area contributed by atoms with Crippen LogP contribution in [0.3, 0.4) is 0 Å². The van der Waals surface area contributed by atoms with Gasteiger partial charge in [0.25, 0.3) is 0 Å². The molecule has 2 rings (SSSR count). The molecular weight excluding hydrogens is 216 g/mol. The Morgan fingerprint density at radius 3 is 1.38 bits per heavy atom. The van der Waals surface area contributed by atoms with E-state index in [9.17, 15) is 0 Å². The first-order valence-electron chi connectivity index (χ1n) is 4.38. The number of rotatable bonds is 0. The van der Waals surface area contributed by atoms with Gasteiger partial charge in [-0.15, -0.1) is 0 Å². The summed E-state index contributed by atoms with van der Waals surface area (Å²) in [6.07, 6.45) is 13.8. The van der Waals surface area contributed by atoms with Crippen molar-refractivity contribution in [2.75, 3.05) is 13.2 Å². The number of allylic oxidation sites excluding steroid dienone is 2. The summed E-state index contributed by atoms with van der Waals surface area (Å²) < 4.78 is 9.53. The molecule has 0 spiro atoms. The molecule has 2 heterocycles. The van der Waals surface area contributed by atoms with Crippen molar-refractivity contribution in [2.24, 2.45) is 0 Å². The molecular formula is C10H14CuO2. The topological polar surface area (TPSA) is 18.5 Å². The van der Waals surface area contributed by atoms with Crippen molar-refractivity contribution < 1.29 is 26.5 Å². The van der Waals surface area contributed by atoms with Crippen molar-refractivity contribution >= 4 is 0 Å². The average Bonchev–Trinajstić information content (AvgIpc) is 2.24. The predicted molar refractivity (Wildman–Crippen MR) is 46.0 cm³/mol. The summed E-state index contributed by atoms with van der Waals surface area (Å²) in [5.74, 6) is 0. The van der Waals surface area contributed by atoms with Gasteiger partial charge in [0.2, 0.25) is 0 Å². The van der Waals surface area contributed by atoms with E-state index in [4.69, 9.17) is 9.47 Å². The Labute approximate surface area is 90.5 Å². The van der Waals surface area contributed by atoms with Crippen LogP contribution in [0, 0.1) is 12.5 Å². The molecule has 3 heteroatoms. The summed E-state index contributed by atoms with van der Waals surface area (Å²) in [4.78, 5) is 0. The van der Waals surface area contributed by atoms with E-state index < -0.39 is 0 Å². The summed E-state index contributed by atoms with van der Waals surface area (Å²) >= 11 is 0. The average molecular weight is 230 g/mol. The fraction of sp³-hybridized carbons (Fsp3) is 0.600. The molecule has 0 bridgehead atoms. The molecule has 77 valence electrons. The normalized spacial score (nSPS) is 18.5. The van der Waals surface area contributed by atoms with Crippen molar-refractivity contribution in [3.63, 3.8) is 0 Å². The van der Waals surface area contributed by atoms with Crippen LogP contribution in [0.15, 0.2) is 12.2 Å². The van der Waals surface area contributed by atoms with Gasteiger partial charge < -0.3 is 22.0 Å². The van der Waals surface area contributed by atoms with Gasteiger partial charge in [0, 0.05) is 13.2 Å². The van der Waals surface area contributed by atoms with Gasteiger partial charge in [-0.25, -0.2) is 12.2 Å². The third kappa shape index (κ3) is 7.94. The third-order valence-corrected chi connectivity index (χ3v) is 1.52. The van der Waals surface area contributed by atoms with Crippen LogP contribution in [0.2, 0.25) is 0 Å². The minimum absolute atomic E-state index is 0. The Balaban J connectivity index is 0.000000206. The van der Waals surface area contributed by atoms with Crippen molar-refractivity contribution in [3.8, 4) is 0 Å². The molecule has 0 aromatic carbocycles. The molecule has 0 aliphatic carbocycles. The number of hydrogen-bond donors (Lipinski definition) is 0. The van der Waals surface area contributed by atoms with E-state index in [1.54, 1.807) is 0 Å². The zero-order valence-electron chi connectivity index (χ0n) is 7.52. The minimum atomic E-state index is 0. The molecule has 0 saturated heterocycles. The summed E-state index contributed by atoms with van der Waals surface area (Å²) in [6.45, 7) is 1.72. The molecule has 0 amide bonds. The van der Waals surface area contributed by atoms with E-state index in [2.05, 4.69) is 12.5 Å². The zero-order chi connectivity index (χ0) is 8.49. The standard InChI is InChI=1S/2C5H7O.Cu/c2*1-2-4-6-5-3-1;/h2*2H,1,3,5H2;/q2*-1;+2. The van der Waals surface area contributed by atoms with E-state index >= 15 is 0 Å². The zero-order valence-corrected chi connectivity index (χ0v) is 8.46. The second-order valence-corrected chi connectivity index (χ2v) is 2.63. The smallest absolute Gasteiger partial charge is 0.693 e. The Bertz CT molecular complexity index is 121. The summed E-state index contributed by atoms with van der Waals surface area (Å²) in [6, 6.07) is 0. The molecule has 0 saturated carbocycles. The number of ether oxygens (including phenoxy) is 2. The van der Waals surface area contributed by atoms with Crippen molar-refractivity contribution in [1.82, 2.24) is 0 Å². The Morgan fingerprint density at radius 1 is 0.846 bits per heavy atom. The van der Waals surface area contributed by atoms with Gasteiger partial charge in [0.05, 0.1) is 0 Å². The van der Waals surface area contributed by atoms with Crippen LogP contribution in [0.5, 0.6) is 0 Å². The Kier molecular flexibility index (Phi) is 9.39. The molecule has 0 aromatic rings. The molecule has 1 radical (unpaired) electrons. The third-order valence-electron chi connectivity index (χ3n) is 1.52. The Hall–Kier alpha value is -0.401. The van der Waals surface area contributed by atoms with Crippen LogP contribution in [-0.4, -0.2) is 13.2 Å². The van der Waals surface area contributed by atoms with Gasteiger partial charge in [-0.3, -0.25) is 0 Å². The molecule has 0 aromatic heterocycles.